The Hall–Kier alpha value is -4.78. The Bertz CT molecular complexity index is 1700. The summed E-state index contributed by atoms with van der Waals surface area (Å²) in [6.45, 7) is 3.76. The maximum Gasteiger partial charge on any atom is 0.261 e. The van der Waals surface area contributed by atoms with E-state index in [0.717, 1.165) is 30.8 Å². The van der Waals surface area contributed by atoms with Gasteiger partial charge in [-0.1, -0.05) is 60.7 Å². The molecule has 10 nitrogen and oxygen atoms in total. The summed E-state index contributed by atoms with van der Waals surface area (Å²) in [4.78, 5) is 31.4. The Labute approximate surface area is 274 Å². The maximum atomic E-state index is 13.9. The van der Waals surface area contributed by atoms with E-state index in [-0.39, 0.29) is 28.8 Å². The first-order valence-electron chi connectivity index (χ1n) is 15.3. The first-order valence-corrected chi connectivity index (χ1v) is 16.7. The number of benzene rings is 4. The number of carbonyl (C=O) groups is 2. The van der Waals surface area contributed by atoms with Crippen molar-refractivity contribution in [3.63, 3.8) is 0 Å². The van der Waals surface area contributed by atoms with Gasteiger partial charge in [0, 0.05) is 38.4 Å². The molecule has 0 spiro atoms. The van der Waals surface area contributed by atoms with Gasteiger partial charge in [-0.25, -0.2) is 12.8 Å². The standard InChI is InChI=1S/C35H37FN4O6S/c36-29-11-13-30(14-12-29)38-47(43,44)32-17-15-31(16-18-32)46-26-33(41)40(25-27-7-3-1-4-8-27)34(28-9-5-2-6-10-28)35(42)37-19-20-39-21-23-45-24-22-39/h1-18,34,38H,19-26H2,(H,37,42)/t34-/m1/s1. The highest BCUT2D eigenvalue weighted by Gasteiger charge is 2.32. The number of hydrogen-bond acceptors (Lipinski definition) is 7. The molecule has 0 unspecified atom stereocenters. The normalized spacial score (nSPS) is 14.1. The Balaban J connectivity index is 1.30. The van der Waals surface area contributed by atoms with Crippen LogP contribution in [-0.4, -0.2) is 76.0 Å². The fraction of sp³-hybridized carbons (Fsp3) is 0.257. The van der Waals surface area contributed by atoms with Crippen molar-refractivity contribution in [2.75, 3.05) is 50.7 Å². The van der Waals surface area contributed by atoms with Gasteiger partial charge in [0.1, 0.15) is 17.6 Å². The van der Waals surface area contributed by atoms with E-state index in [1.807, 2.05) is 60.7 Å². The number of sulfonamides is 1. The summed E-state index contributed by atoms with van der Waals surface area (Å²) < 4.78 is 52.5. The van der Waals surface area contributed by atoms with Gasteiger partial charge < -0.3 is 19.7 Å². The monoisotopic (exact) mass is 660 g/mol. The fourth-order valence-electron chi connectivity index (χ4n) is 5.15. The first-order chi connectivity index (χ1) is 22.8. The summed E-state index contributed by atoms with van der Waals surface area (Å²) in [5.41, 5.74) is 1.71. The molecular weight excluding hydrogens is 623 g/mol. The fourth-order valence-corrected chi connectivity index (χ4v) is 6.20. The van der Waals surface area contributed by atoms with E-state index >= 15 is 0 Å². The molecule has 47 heavy (non-hydrogen) atoms. The lowest BCUT2D eigenvalue weighted by atomic mass is 10.0. The van der Waals surface area contributed by atoms with E-state index in [9.17, 15) is 22.4 Å². The third-order valence-electron chi connectivity index (χ3n) is 7.62. The van der Waals surface area contributed by atoms with Crippen molar-refractivity contribution in [2.24, 2.45) is 0 Å². The molecule has 2 amide bonds. The summed E-state index contributed by atoms with van der Waals surface area (Å²) in [7, 11) is -3.95. The number of halogens is 1. The van der Waals surface area contributed by atoms with Crippen molar-refractivity contribution in [1.82, 2.24) is 15.1 Å². The van der Waals surface area contributed by atoms with Gasteiger partial charge in [-0.2, -0.15) is 0 Å². The number of hydrogen-bond donors (Lipinski definition) is 2. The van der Waals surface area contributed by atoms with Gasteiger partial charge in [0.2, 0.25) is 5.91 Å². The highest BCUT2D eigenvalue weighted by atomic mass is 32.2. The second-order valence-electron chi connectivity index (χ2n) is 10.9. The lowest BCUT2D eigenvalue weighted by Gasteiger charge is -2.32. The predicted octanol–water partition coefficient (Wildman–Crippen LogP) is 4.22. The van der Waals surface area contributed by atoms with E-state index in [2.05, 4.69) is 14.9 Å². The van der Waals surface area contributed by atoms with Gasteiger partial charge in [-0.05, 0) is 59.7 Å². The molecule has 1 aliphatic rings. The van der Waals surface area contributed by atoms with Crippen LogP contribution in [0.2, 0.25) is 0 Å². The lowest BCUT2D eigenvalue weighted by Crippen LogP contribution is -2.47. The SMILES string of the molecule is O=C(NCCN1CCOCC1)[C@@H](c1ccccc1)N(Cc1ccccc1)C(=O)COc1ccc(S(=O)(=O)Nc2ccc(F)cc2)cc1. The second-order valence-corrected chi connectivity index (χ2v) is 12.6. The number of nitrogens with zero attached hydrogens (tertiary/aromatic N) is 2. The quantitative estimate of drug-likeness (QED) is 0.208. The molecule has 0 aromatic heterocycles. The topological polar surface area (TPSA) is 117 Å². The molecule has 1 aliphatic heterocycles. The molecule has 2 N–H and O–H groups in total. The third-order valence-corrected chi connectivity index (χ3v) is 9.01. The highest BCUT2D eigenvalue weighted by molar-refractivity contribution is 7.92. The van der Waals surface area contributed by atoms with Crippen molar-refractivity contribution in [1.29, 1.82) is 0 Å². The van der Waals surface area contributed by atoms with E-state index in [1.165, 1.54) is 41.3 Å². The van der Waals surface area contributed by atoms with Crippen LogP contribution in [0.1, 0.15) is 17.2 Å². The van der Waals surface area contributed by atoms with Gasteiger partial charge in [0.15, 0.2) is 6.61 Å². The van der Waals surface area contributed by atoms with Gasteiger partial charge in [-0.3, -0.25) is 19.2 Å². The van der Waals surface area contributed by atoms with Crippen molar-refractivity contribution >= 4 is 27.5 Å². The Morgan fingerprint density at radius 3 is 2.17 bits per heavy atom. The first kappa shape index (κ1) is 33.6. The Kier molecular flexibility index (Phi) is 11.6. The molecule has 0 aliphatic carbocycles. The molecule has 0 bridgehead atoms. The molecule has 1 saturated heterocycles. The van der Waals surface area contributed by atoms with Crippen LogP contribution >= 0.6 is 0 Å². The van der Waals surface area contributed by atoms with Crippen LogP contribution < -0.4 is 14.8 Å². The van der Waals surface area contributed by atoms with Crippen molar-refractivity contribution in [3.8, 4) is 5.75 Å². The van der Waals surface area contributed by atoms with E-state index < -0.39 is 34.4 Å². The second kappa shape index (κ2) is 16.2. The van der Waals surface area contributed by atoms with Crippen molar-refractivity contribution in [2.45, 2.75) is 17.5 Å². The van der Waals surface area contributed by atoms with E-state index in [0.29, 0.717) is 31.9 Å². The summed E-state index contributed by atoms with van der Waals surface area (Å²) in [6, 6.07) is 28.2. The minimum atomic E-state index is -3.95. The maximum absolute atomic E-state index is 13.9. The number of morpholine rings is 1. The summed E-state index contributed by atoms with van der Waals surface area (Å²) in [6.07, 6.45) is 0. The number of anilines is 1. The largest absolute Gasteiger partial charge is 0.484 e. The zero-order chi connectivity index (χ0) is 33.1. The number of ether oxygens (including phenoxy) is 2. The average Bonchev–Trinajstić information content (AvgIpc) is 3.09. The summed E-state index contributed by atoms with van der Waals surface area (Å²) in [5, 5.41) is 3.03. The molecule has 5 rings (SSSR count). The molecular formula is C35H37FN4O6S. The minimum absolute atomic E-state index is 0.0379. The van der Waals surface area contributed by atoms with Crippen molar-refractivity contribution < 1.29 is 31.9 Å². The molecule has 246 valence electrons. The molecule has 1 heterocycles. The van der Waals surface area contributed by atoms with E-state index in [1.54, 1.807) is 0 Å². The highest BCUT2D eigenvalue weighted by Crippen LogP contribution is 2.25. The number of rotatable bonds is 14. The van der Waals surface area contributed by atoms with E-state index in [4.69, 9.17) is 9.47 Å². The van der Waals surface area contributed by atoms with Crippen LogP contribution in [0.15, 0.2) is 114 Å². The molecule has 0 saturated carbocycles. The Morgan fingerprint density at radius 1 is 0.872 bits per heavy atom. The summed E-state index contributed by atoms with van der Waals surface area (Å²) in [5.74, 6) is -0.951. The van der Waals surface area contributed by atoms with Crippen LogP contribution in [0.25, 0.3) is 0 Å². The van der Waals surface area contributed by atoms with Crippen LogP contribution in [0.5, 0.6) is 5.75 Å². The molecule has 1 fully saturated rings. The number of amides is 2. The smallest absolute Gasteiger partial charge is 0.261 e. The summed E-state index contributed by atoms with van der Waals surface area (Å²) >= 11 is 0. The minimum Gasteiger partial charge on any atom is -0.484 e. The third kappa shape index (κ3) is 9.61. The number of nitrogens with one attached hydrogen (secondary N) is 2. The van der Waals surface area contributed by atoms with Gasteiger partial charge in [0.05, 0.1) is 18.1 Å². The van der Waals surface area contributed by atoms with Crippen molar-refractivity contribution in [3.05, 3.63) is 126 Å². The molecule has 0 radical (unpaired) electrons. The van der Waals surface area contributed by atoms with Crippen LogP contribution in [-0.2, 0) is 30.9 Å². The Morgan fingerprint density at radius 2 is 1.51 bits per heavy atom. The molecule has 4 aromatic carbocycles. The predicted molar refractivity (Wildman–Crippen MR) is 176 cm³/mol. The van der Waals surface area contributed by atoms with Crippen LogP contribution in [0.4, 0.5) is 10.1 Å². The lowest BCUT2D eigenvalue weighted by molar-refractivity contribution is -0.143. The molecule has 12 heteroatoms. The number of carbonyl (C=O) groups excluding carboxylic acids is 2. The van der Waals surface area contributed by atoms with Gasteiger partial charge in [-0.15, -0.1) is 0 Å². The molecule has 4 aromatic rings. The average molecular weight is 661 g/mol. The zero-order valence-electron chi connectivity index (χ0n) is 25.8. The van der Waals surface area contributed by atoms with Crippen LogP contribution in [0.3, 0.4) is 0 Å². The zero-order valence-corrected chi connectivity index (χ0v) is 26.6. The van der Waals surface area contributed by atoms with Gasteiger partial charge >= 0.3 is 0 Å². The van der Waals surface area contributed by atoms with Crippen LogP contribution in [0, 0.1) is 5.82 Å². The van der Waals surface area contributed by atoms with Gasteiger partial charge in [0.25, 0.3) is 15.9 Å². The molecule has 1 atom stereocenters.